The monoisotopic (exact) mass is 405 g/mol. The van der Waals surface area contributed by atoms with E-state index in [1.165, 1.54) is 0 Å². The van der Waals surface area contributed by atoms with Gasteiger partial charge in [0.05, 0.1) is 11.3 Å². The van der Waals surface area contributed by atoms with E-state index in [1.54, 1.807) is 29.5 Å². The van der Waals surface area contributed by atoms with Gasteiger partial charge in [-0.3, -0.25) is 9.59 Å². The Kier molecular flexibility index (Phi) is 5.45. The number of likely N-dealkylation sites (tertiary alicyclic amines) is 1. The maximum atomic E-state index is 13.0. The summed E-state index contributed by atoms with van der Waals surface area (Å²) in [5, 5.41) is 5.88. The van der Waals surface area contributed by atoms with E-state index >= 15 is 0 Å². The molecule has 0 atom stereocenters. The molecule has 2 amide bonds. The fourth-order valence-electron chi connectivity index (χ4n) is 3.58. The van der Waals surface area contributed by atoms with Crippen molar-refractivity contribution in [3.05, 3.63) is 70.2 Å². The van der Waals surface area contributed by atoms with Gasteiger partial charge < -0.3 is 10.2 Å². The Morgan fingerprint density at radius 3 is 2.41 bits per heavy atom. The Labute approximate surface area is 174 Å². The fourth-order valence-corrected chi connectivity index (χ4v) is 4.38. The predicted octanol–water partition coefficient (Wildman–Crippen LogP) is 4.92. The van der Waals surface area contributed by atoms with Crippen molar-refractivity contribution >= 4 is 28.8 Å². The van der Waals surface area contributed by atoms with E-state index in [9.17, 15) is 9.59 Å². The van der Waals surface area contributed by atoms with Gasteiger partial charge in [0.25, 0.3) is 11.8 Å². The number of nitrogens with zero attached hydrogens (tertiary/aromatic N) is 2. The lowest BCUT2D eigenvalue weighted by Crippen LogP contribution is -2.29. The lowest BCUT2D eigenvalue weighted by molar-refractivity contribution is 0.0793. The minimum absolute atomic E-state index is 0.00890. The standard InChI is InChI=1S/C23H23N3O2S/c1-15-6-5-7-19(20(15)23(28)26-12-3-4-13-26)25-21(27)17-8-10-18(11-9-17)22-24-16(2)14-29-22/h5-11,14H,3-4,12-13H2,1-2H3,(H,25,27). The summed E-state index contributed by atoms with van der Waals surface area (Å²) in [4.78, 5) is 32.1. The molecular formula is C23H23N3O2S. The summed E-state index contributed by atoms with van der Waals surface area (Å²) in [5.41, 5.74) is 4.53. The normalized spacial score (nSPS) is 13.5. The van der Waals surface area contributed by atoms with E-state index in [0.717, 1.165) is 47.8 Å². The second-order valence-corrected chi connectivity index (χ2v) is 8.18. The Morgan fingerprint density at radius 2 is 1.76 bits per heavy atom. The van der Waals surface area contributed by atoms with Gasteiger partial charge in [0.2, 0.25) is 0 Å². The zero-order valence-electron chi connectivity index (χ0n) is 16.6. The number of aromatic nitrogens is 1. The summed E-state index contributed by atoms with van der Waals surface area (Å²) < 4.78 is 0. The second-order valence-electron chi connectivity index (χ2n) is 7.32. The van der Waals surface area contributed by atoms with Crippen molar-refractivity contribution in [3.63, 3.8) is 0 Å². The van der Waals surface area contributed by atoms with Crippen LogP contribution in [0.1, 0.15) is 44.8 Å². The highest BCUT2D eigenvalue weighted by molar-refractivity contribution is 7.13. The number of rotatable bonds is 4. The Hall–Kier alpha value is -2.99. The van der Waals surface area contributed by atoms with Crippen molar-refractivity contribution in [2.24, 2.45) is 0 Å². The van der Waals surface area contributed by atoms with E-state index in [0.29, 0.717) is 16.8 Å². The number of aryl methyl sites for hydroxylation is 2. The molecule has 4 rings (SSSR count). The number of amides is 2. The SMILES string of the molecule is Cc1csc(-c2ccc(C(=O)Nc3cccc(C)c3C(=O)N3CCCC3)cc2)n1. The van der Waals surface area contributed by atoms with E-state index in [-0.39, 0.29) is 11.8 Å². The van der Waals surface area contributed by atoms with Crippen LogP contribution in [0, 0.1) is 13.8 Å². The summed E-state index contributed by atoms with van der Waals surface area (Å²) in [7, 11) is 0. The minimum atomic E-state index is -0.229. The molecule has 0 bridgehead atoms. The number of benzene rings is 2. The average Bonchev–Trinajstić information content (AvgIpc) is 3.40. The summed E-state index contributed by atoms with van der Waals surface area (Å²) >= 11 is 1.58. The highest BCUT2D eigenvalue weighted by atomic mass is 32.1. The van der Waals surface area contributed by atoms with Crippen molar-refractivity contribution in [1.29, 1.82) is 0 Å². The smallest absolute Gasteiger partial charge is 0.256 e. The molecule has 0 radical (unpaired) electrons. The number of hydrogen-bond acceptors (Lipinski definition) is 4. The fraction of sp³-hybridized carbons (Fsp3) is 0.261. The summed E-state index contributed by atoms with van der Waals surface area (Å²) in [6.07, 6.45) is 2.06. The van der Waals surface area contributed by atoms with E-state index in [4.69, 9.17) is 0 Å². The average molecular weight is 406 g/mol. The second kappa shape index (κ2) is 8.17. The molecule has 0 saturated carbocycles. The molecule has 6 heteroatoms. The van der Waals surface area contributed by atoms with Gasteiger partial charge in [0, 0.05) is 35.3 Å². The Bertz CT molecular complexity index is 1050. The van der Waals surface area contributed by atoms with Gasteiger partial charge in [-0.1, -0.05) is 24.3 Å². The third-order valence-corrected chi connectivity index (χ3v) is 6.15. The van der Waals surface area contributed by atoms with Crippen LogP contribution in [0.3, 0.4) is 0 Å². The number of carbonyl (C=O) groups excluding carboxylic acids is 2. The maximum Gasteiger partial charge on any atom is 0.256 e. The summed E-state index contributed by atoms with van der Waals surface area (Å²) in [6, 6.07) is 12.9. The molecule has 1 fully saturated rings. The van der Waals surface area contributed by atoms with Crippen LogP contribution in [0.4, 0.5) is 5.69 Å². The molecule has 0 unspecified atom stereocenters. The van der Waals surface area contributed by atoms with Gasteiger partial charge in [-0.05, 0) is 50.5 Å². The van der Waals surface area contributed by atoms with Crippen LogP contribution in [0.2, 0.25) is 0 Å². The molecule has 1 N–H and O–H groups in total. The topological polar surface area (TPSA) is 62.3 Å². The van der Waals surface area contributed by atoms with Gasteiger partial charge in [-0.25, -0.2) is 4.98 Å². The first kappa shape index (κ1) is 19.3. The first-order valence-electron chi connectivity index (χ1n) is 9.76. The molecule has 1 aliphatic heterocycles. The highest BCUT2D eigenvalue weighted by Gasteiger charge is 2.24. The number of anilines is 1. The Balaban J connectivity index is 1.55. The molecule has 0 aliphatic carbocycles. The zero-order valence-corrected chi connectivity index (χ0v) is 17.4. The molecule has 3 aromatic rings. The molecule has 1 aromatic heterocycles. The van der Waals surface area contributed by atoms with Crippen LogP contribution < -0.4 is 5.32 Å². The van der Waals surface area contributed by atoms with Gasteiger partial charge >= 0.3 is 0 Å². The number of hydrogen-bond donors (Lipinski definition) is 1. The van der Waals surface area contributed by atoms with Crippen LogP contribution in [-0.4, -0.2) is 34.8 Å². The third kappa shape index (κ3) is 4.07. The van der Waals surface area contributed by atoms with E-state index in [1.807, 2.05) is 48.4 Å². The van der Waals surface area contributed by atoms with Gasteiger partial charge in [-0.15, -0.1) is 11.3 Å². The van der Waals surface area contributed by atoms with Crippen molar-refractivity contribution in [2.75, 3.05) is 18.4 Å². The molecule has 1 saturated heterocycles. The van der Waals surface area contributed by atoms with Crippen LogP contribution in [0.5, 0.6) is 0 Å². The molecule has 5 nitrogen and oxygen atoms in total. The van der Waals surface area contributed by atoms with E-state index < -0.39 is 0 Å². The first-order valence-corrected chi connectivity index (χ1v) is 10.6. The van der Waals surface area contributed by atoms with Crippen LogP contribution >= 0.6 is 11.3 Å². The van der Waals surface area contributed by atoms with Gasteiger partial charge in [0.1, 0.15) is 5.01 Å². The van der Waals surface area contributed by atoms with Crippen molar-refractivity contribution < 1.29 is 9.59 Å². The number of carbonyl (C=O) groups is 2. The lowest BCUT2D eigenvalue weighted by atomic mass is 10.0. The van der Waals surface area contributed by atoms with Crippen molar-refractivity contribution in [2.45, 2.75) is 26.7 Å². The van der Waals surface area contributed by atoms with Crippen LogP contribution in [-0.2, 0) is 0 Å². The molecule has 2 aromatic carbocycles. The lowest BCUT2D eigenvalue weighted by Gasteiger charge is -2.19. The van der Waals surface area contributed by atoms with Crippen molar-refractivity contribution in [3.8, 4) is 10.6 Å². The Morgan fingerprint density at radius 1 is 1.03 bits per heavy atom. The summed E-state index contributed by atoms with van der Waals surface area (Å²) in [6.45, 7) is 5.42. The molecule has 0 spiro atoms. The van der Waals surface area contributed by atoms with E-state index in [2.05, 4.69) is 10.3 Å². The van der Waals surface area contributed by atoms with Crippen LogP contribution in [0.25, 0.3) is 10.6 Å². The van der Waals surface area contributed by atoms with Gasteiger partial charge in [-0.2, -0.15) is 0 Å². The molecule has 148 valence electrons. The van der Waals surface area contributed by atoms with Gasteiger partial charge in [0.15, 0.2) is 0 Å². The molecule has 29 heavy (non-hydrogen) atoms. The number of nitrogens with one attached hydrogen (secondary N) is 1. The first-order chi connectivity index (χ1) is 14.0. The third-order valence-electron chi connectivity index (χ3n) is 5.14. The summed E-state index contributed by atoms with van der Waals surface area (Å²) in [5.74, 6) is -0.238. The minimum Gasteiger partial charge on any atom is -0.339 e. The van der Waals surface area contributed by atoms with Crippen molar-refractivity contribution in [1.82, 2.24) is 9.88 Å². The zero-order chi connectivity index (χ0) is 20.4. The largest absolute Gasteiger partial charge is 0.339 e. The maximum absolute atomic E-state index is 13.0. The quantitative estimate of drug-likeness (QED) is 0.670. The molecular weight excluding hydrogens is 382 g/mol. The predicted molar refractivity (Wildman–Crippen MR) is 117 cm³/mol. The molecule has 1 aliphatic rings. The molecule has 2 heterocycles. The van der Waals surface area contributed by atoms with Crippen LogP contribution in [0.15, 0.2) is 47.8 Å². The highest BCUT2D eigenvalue weighted by Crippen LogP contribution is 2.26. The number of thiazole rings is 1.